The molecule has 0 bridgehead atoms. The lowest BCUT2D eigenvalue weighted by Crippen LogP contribution is -2.19. The second-order valence-corrected chi connectivity index (χ2v) is 4.77. The highest BCUT2D eigenvalue weighted by Gasteiger charge is 2.15. The van der Waals surface area contributed by atoms with Crippen LogP contribution < -0.4 is 15.4 Å². The molecule has 0 fully saturated rings. The number of aromatic nitrogens is 3. The smallest absolute Gasteiger partial charge is 0.204 e. The van der Waals surface area contributed by atoms with Gasteiger partial charge in [-0.05, 0) is 6.92 Å². The van der Waals surface area contributed by atoms with Gasteiger partial charge in [0, 0.05) is 11.9 Å². The van der Waals surface area contributed by atoms with E-state index in [2.05, 4.69) is 15.0 Å². The molecule has 2 N–H and O–H groups in total. The molecule has 0 radical (unpaired) electrons. The number of aryl methyl sites for hydroxylation is 1. The van der Waals surface area contributed by atoms with Crippen LogP contribution in [0.1, 0.15) is 10.6 Å². The number of anilines is 2. The fourth-order valence-electron chi connectivity index (χ4n) is 1.61. The van der Waals surface area contributed by atoms with Gasteiger partial charge in [-0.2, -0.15) is 0 Å². The van der Waals surface area contributed by atoms with Gasteiger partial charge in [0.2, 0.25) is 5.75 Å². The predicted octanol–water partition coefficient (Wildman–Crippen LogP) is 1.47. The molecule has 18 heavy (non-hydrogen) atoms. The van der Waals surface area contributed by atoms with Crippen LogP contribution in [0.5, 0.6) is 5.75 Å². The monoisotopic (exact) mass is 265 g/mol. The van der Waals surface area contributed by atoms with E-state index >= 15 is 0 Å². The van der Waals surface area contributed by atoms with E-state index in [4.69, 9.17) is 10.5 Å². The third-order valence-electron chi connectivity index (χ3n) is 2.60. The number of methoxy groups -OCH3 is 1. The molecule has 7 heteroatoms. The molecule has 0 aliphatic carbocycles. The Labute approximate surface area is 109 Å². The van der Waals surface area contributed by atoms with Crippen LogP contribution in [0.2, 0.25) is 0 Å². The highest BCUT2D eigenvalue weighted by molar-refractivity contribution is 7.09. The van der Waals surface area contributed by atoms with Crippen LogP contribution >= 0.6 is 11.3 Å². The summed E-state index contributed by atoms with van der Waals surface area (Å²) < 4.78 is 5.24. The lowest BCUT2D eigenvalue weighted by molar-refractivity contribution is 0.413. The van der Waals surface area contributed by atoms with Gasteiger partial charge in [0.25, 0.3) is 0 Å². The number of hydrogen-bond acceptors (Lipinski definition) is 7. The molecule has 0 spiro atoms. The van der Waals surface area contributed by atoms with Crippen molar-refractivity contribution >= 4 is 23.0 Å². The molecule has 2 heterocycles. The van der Waals surface area contributed by atoms with E-state index in [1.807, 2.05) is 24.4 Å². The van der Waals surface area contributed by atoms with Crippen molar-refractivity contribution in [3.8, 4) is 5.75 Å². The Balaban J connectivity index is 2.26. The van der Waals surface area contributed by atoms with E-state index in [-0.39, 0.29) is 0 Å². The van der Waals surface area contributed by atoms with Crippen molar-refractivity contribution in [1.82, 2.24) is 15.0 Å². The summed E-state index contributed by atoms with van der Waals surface area (Å²) in [6, 6.07) is 0. The van der Waals surface area contributed by atoms with E-state index < -0.39 is 0 Å². The van der Waals surface area contributed by atoms with Gasteiger partial charge in [0.05, 0.1) is 24.9 Å². The standard InChI is InChI=1S/C11H15N5OS/c1-7-8(18-6-15-7)4-16(2)11-9(17-3)10(12)13-5-14-11/h5-6H,4H2,1-3H3,(H2,12,13,14). The van der Waals surface area contributed by atoms with Crippen molar-refractivity contribution < 1.29 is 4.74 Å². The fourth-order valence-corrected chi connectivity index (χ4v) is 2.44. The van der Waals surface area contributed by atoms with E-state index in [0.29, 0.717) is 23.9 Å². The number of thiazole rings is 1. The quantitative estimate of drug-likeness (QED) is 0.902. The molecule has 0 aliphatic heterocycles. The van der Waals surface area contributed by atoms with Crippen molar-refractivity contribution in [2.75, 3.05) is 24.8 Å². The lowest BCUT2D eigenvalue weighted by atomic mass is 10.3. The first kappa shape index (κ1) is 12.6. The summed E-state index contributed by atoms with van der Waals surface area (Å²) in [5.41, 5.74) is 8.63. The summed E-state index contributed by atoms with van der Waals surface area (Å²) in [7, 11) is 3.49. The summed E-state index contributed by atoms with van der Waals surface area (Å²) in [5.74, 6) is 1.52. The third-order valence-corrected chi connectivity index (χ3v) is 3.52. The van der Waals surface area contributed by atoms with Crippen molar-refractivity contribution in [2.45, 2.75) is 13.5 Å². The van der Waals surface area contributed by atoms with Crippen LogP contribution in [0.15, 0.2) is 11.8 Å². The topological polar surface area (TPSA) is 77.2 Å². The van der Waals surface area contributed by atoms with Crippen molar-refractivity contribution in [3.63, 3.8) is 0 Å². The Morgan fingerprint density at radius 2 is 2.17 bits per heavy atom. The van der Waals surface area contributed by atoms with Crippen LogP contribution in [-0.2, 0) is 6.54 Å². The minimum absolute atomic E-state index is 0.343. The van der Waals surface area contributed by atoms with Crippen LogP contribution in [0.3, 0.4) is 0 Å². The summed E-state index contributed by atoms with van der Waals surface area (Å²) in [5, 5.41) is 0. The number of nitrogen functional groups attached to an aromatic ring is 1. The zero-order valence-corrected chi connectivity index (χ0v) is 11.4. The van der Waals surface area contributed by atoms with Crippen molar-refractivity contribution in [1.29, 1.82) is 0 Å². The predicted molar refractivity (Wildman–Crippen MR) is 72.0 cm³/mol. The minimum atomic E-state index is 0.343. The molecule has 0 saturated carbocycles. The number of ether oxygens (including phenoxy) is 1. The number of nitrogens with two attached hydrogens (primary N) is 1. The molecule has 0 saturated heterocycles. The number of hydrogen-bond donors (Lipinski definition) is 1. The molecule has 0 aliphatic rings. The molecular formula is C11H15N5OS. The second-order valence-electron chi connectivity index (χ2n) is 3.83. The Kier molecular flexibility index (Phi) is 3.61. The first-order chi connectivity index (χ1) is 8.63. The van der Waals surface area contributed by atoms with Gasteiger partial charge in [-0.15, -0.1) is 11.3 Å². The van der Waals surface area contributed by atoms with Gasteiger partial charge in [-0.1, -0.05) is 0 Å². The van der Waals surface area contributed by atoms with Gasteiger partial charge in [-0.25, -0.2) is 15.0 Å². The van der Waals surface area contributed by atoms with Crippen LogP contribution in [0, 0.1) is 6.92 Å². The van der Waals surface area contributed by atoms with E-state index in [0.717, 1.165) is 5.69 Å². The Morgan fingerprint density at radius 1 is 1.39 bits per heavy atom. The van der Waals surface area contributed by atoms with Gasteiger partial charge in [0.15, 0.2) is 11.6 Å². The number of rotatable bonds is 4. The highest BCUT2D eigenvalue weighted by atomic mass is 32.1. The molecule has 96 valence electrons. The van der Waals surface area contributed by atoms with Crippen LogP contribution in [-0.4, -0.2) is 29.1 Å². The Morgan fingerprint density at radius 3 is 2.78 bits per heavy atom. The SMILES string of the molecule is COc1c(N)ncnc1N(C)Cc1scnc1C. The molecule has 6 nitrogen and oxygen atoms in total. The normalized spacial score (nSPS) is 10.4. The maximum absolute atomic E-state index is 5.76. The first-order valence-corrected chi connectivity index (χ1v) is 6.26. The lowest BCUT2D eigenvalue weighted by Gasteiger charge is -2.20. The van der Waals surface area contributed by atoms with Crippen molar-refractivity contribution in [3.05, 3.63) is 22.4 Å². The summed E-state index contributed by atoms with van der Waals surface area (Å²) in [6.07, 6.45) is 1.43. The molecule has 0 amide bonds. The number of nitrogens with zero attached hydrogens (tertiary/aromatic N) is 4. The van der Waals surface area contributed by atoms with Gasteiger partial charge in [-0.3, -0.25) is 0 Å². The first-order valence-electron chi connectivity index (χ1n) is 5.38. The highest BCUT2D eigenvalue weighted by Crippen LogP contribution is 2.30. The zero-order chi connectivity index (χ0) is 13.1. The fraction of sp³-hybridized carbons (Fsp3) is 0.364. The second kappa shape index (κ2) is 5.18. The van der Waals surface area contributed by atoms with E-state index in [1.54, 1.807) is 18.4 Å². The average Bonchev–Trinajstić information content (AvgIpc) is 2.74. The molecule has 2 aromatic rings. The van der Waals surface area contributed by atoms with Crippen LogP contribution in [0.4, 0.5) is 11.6 Å². The van der Waals surface area contributed by atoms with Crippen LogP contribution in [0.25, 0.3) is 0 Å². The molecule has 2 rings (SSSR count). The van der Waals surface area contributed by atoms with Gasteiger partial charge >= 0.3 is 0 Å². The molecule has 2 aromatic heterocycles. The Bertz CT molecular complexity index is 542. The Hall–Kier alpha value is -1.89. The summed E-state index contributed by atoms with van der Waals surface area (Å²) >= 11 is 1.62. The van der Waals surface area contributed by atoms with Crippen molar-refractivity contribution in [2.24, 2.45) is 0 Å². The minimum Gasteiger partial charge on any atom is -0.490 e. The molecule has 0 unspecified atom stereocenters. The third kappa shape index (κ3) is 2.35. The molecule has 0 aromatic carbocycles. The molecule has 0 atom stereocenters. The van der Waals surface area contributed by atoms with Gasteiger partial charge < -0.3 is 15.4 Å². The van der Waals surface area contributed by atoms with E-state index in [9.17, 15) is 0 Å². The summed E-state index contributed by atoms with van der Waals surface area (Å²) in [6.45, 7) is 2.70. The zero-order valence-electron chi connectivity index (χ0n) is 10.5. The largest absolute Gasteiger partial charge is 0.490 e. The maximum atomic E-state index is 5.76. The maximum Gasteiger partial charge on any atom is 0.204 e. The van der Waals surface area contributed by atoms with Gasteiger partial charge in [0.1, 0.15) is 6.33 Å². The van der Waals surface area contributed by atoms with E-state index in [1.165, 1.54) is 11.2 Å². The average molecular weight is 265 g/mol. The summed E-state index contributed by atoms with van der Waals surface area (Å²) in [4.78, 5) is 15.5. The molecular weight excluding hydrogens is 250 g/mol.